The number of H-pyrrole nitrogens is 1. The minimum Gasteiger partial charge on any atom is -0.378 e. The van der Waals surface area contributed by atoms with Crippen molar-refractivity contribution in [2.45, 2.75) is 39.4 Å². The smallest absolute Gasteiger partial charge is 0.274 e. The molecule has 1 aromatic heterocycles. The van der Waals surface area contributed by atoms with Gasteiger partial charge in [0.1, 0.15) is 5.60 Å². The number of amides is 1. The van der Waals surface area contributed by atoms with E-state index < -0.39 is 5.60 Å². The molecule has 0 saturated carbocycles. The van der Waals surface area contributed by atoms with Crippen molar-refractivity contribution in [3.05, 3.63) is 65.7 Å². The first-order valence-corrected chi connectivity index (χ1v) is 9.04. The second-order valence-corrected chi connectivity index (χ2v) is 7.25. The van der Waals surface area contributed by atoms with Crippen LogP contribution in [0.15, 0.2) is 48.9 Å². The molecule has 1 amide bonds. The fourth-order valence-electron chi connectivity index (χ4n) is 3.10. The largest absolute Gasteiger partial charge is 0.378 e. The average Bonchev–Trinajstić information content (AvgIpc) is 3.19. The molecule has 3 rings (SSSR count). The monoisotopic (exact) mass is 367 g/mol. The summed E-state index contributed by atoms with van der Waals surface area (Å²) < 4.78 is 0. The van der Waals surface area contributed by atoms with E-state index in [0.717, 1.165) is 16.3 Å². The van der Waals surface area contributed by atoms with Gasteiger partial charge in [-0.2, -0.15) is 0 Å². The predicted molar refractivity (Wildman–Crippen MR) is 104 cm³/mol. The lowest BCUT2D eigenvalue weighted by molar-refractivity contribution is 0.000199. The lowest BCUT2D eigenvalue weighted by atomic mass is 9.80. The molecule has 0 aliphatic rings. The van der Waals surface area contributed by atoms with Gasteiger partial charge in [0.15, 0.2) is 0 Å². The molecule has 3 N–H and O–H groups in total. The van der Waals surface area contributed by atoms with Crippen molar-refractivity contribution < 1.29 is 14.7 Å². The van der Waals surface area contributed by atoms with Gasteiger partial charge in [-0.3, -0.25) is 9.63 Å². The number of rotatable bonds is 6. The molecule has 27 heavy (non-hydrogen) atoms. The third kappa shape index (κ3) is 3.72. The van der Waals surface area contributed by atoms with Crippen LogP contribution in [-0.4, -0.2) is 27.1 Å². The SMILES string of the molecule is CC(C)ONC(=O)c1ccc2cc(C(O)(c3c[nH]cn3)C(C)C)ccc2c1. The third-order valence-electron chi connectivity index (χ3n) is 4.65. The molecule has 0 aliphatic heterocycles. The Labute approximate surface area is 158 Å². The van der Waals surface area contributed by atoms with E-state index in [1.807, 2.05) is 52.0 Å². The number of nitrogens with zero attached hydrogens (tertiary/aromatic N) is 1. The van der Waals surface area contributed by atoms with E-state index >= 15 is 0 Å². The predicted octanol–water partition coefficient (Wildman–Crippen LogP) is 3.52. The van der Waals surface area contributed by atoms with Crippen LogP contribution in [0.2, 0.25) is 0 Å². The Balaban J connectivity index is 1.96. The van der Waals surface area contributed by atoms with Gasteiger partial charge < -0.3 is 10.1 Å². The Morgan fingerprint density at radius 3 is 2.48 bits per heavy atom. The van der Waals surface area contributed by atoms with Crippen LogP contribution in [-0.2, 0) is 10.4 Å². The number of aromatic nitrogens is 2. The van der Waals surface area contributed by atoms with Crippen LogP contribution in [0.5, 0.6) is 0 Å². The number of aromatic amines is 1. The summed E-state index contributed by atoms with van der Waals surface area (Å²) in [6.07, 6.45) is 3.19. The zero-order chi connectivity index (χ0) is 19.6. The molecule has 0 fully saturated rings. The van der Waals surface area contributed by atoms with Crippen LogP contribution in [0.4, 0.5) is 0 Å². The van der Waals surface area contributed by atoms with E-state index in [1.54, 1.807) is 24.7 Å². The second kappa shape index (κ2) is 7.50. The maximum atomic E-state index is 12.2. The Morgan fingerprint density at radius 1 is 1.15 bits per heavy atom. The van der Waals surface area contributed by atoms with Gasteiger partial charge in [0.2, 0.25) is 0 Å². The molecule has 1 heterocycles. The summed E-state index contributed by atoms with van der Waals surface area (Å²) in [6, 6.07) is 11.1. The molecule has 3 aromatic rings. The van der Waals surface area contributed by atoms with Crippen molar-refractivity contribution in [1.82, 2.24) is 15.4 Å². The van der Waals surface area contributed by atoms with E-state index in [1.165, 1.54) is 0 Å². The molecule has 1 atom stereocenters. The van der Waals surface area contributed by atoms with Gasteiger partial charge in [-0.05, 0) is 54.3 Å². The van der Waals surface area contributed by atoms with Crippen LogP contribution >= 0.6 is 0 Å². The standard InChI is InChI=1S/C21H25N3O3/c1-13(2)21(26,19-11-22-12-23-19)18-8-7-15-9-17(6-5-16(15)10-18)20(25)24-27-14(3)4/h5-14,26H,1-4H3,(H,22,23)(H,24,25). The topological polar surface area (TPSA) is 87.2 Å². The first kappa shape index (κ1) is 19.1. The molecule has 0 saturated heterocycles. The highest BCUT2D eigenvalue weighted by Gasteiger charge is 2.37. The number of hydrogen-bond acceptors (Lipinski definition) is 4. The van der Waals surface area contributed by atoms with Crippen molar-refractivity contribution in [3.63, 3.8) is 0 Å². The van der Waals surface area contributed by atoms with Crippen LogP contribution < -0.4 is 5.48 Å². The van der Waals surface area contributed by atoms with Gasteiger partial charge in [-0.15, -0.1) is 0 Å². The van der Waals surface area contributed by atoms with Gasteiger partial charge in [0.25, 0.3) is 5.91 Å². The summed E-state index contributed by atoms with van der Waals surface area (Å²) >= 11 is 0. The average molecular weight is 367 g/mol. The molecule has 0 spiro atoms. The number of benzene rings is 2. The first-order valence-electron chi connectivity index (χ1n) is 9.04. The highest BCUT2D eigenvalue weighted by molar-refractivity contribution is 5.98. The zero-order valence-corrected chi connectivity index (χ0v) is 16.0. The lowest BCUT2D eigenvalue weighted by Gasteiger charge is -2.31. The van der Waals surface area contributed by atoms with Gasteiger partial charge in [0, 0.05) is 11.8 Å². The highest BCUT2D eigenvalue weighted by atomic mass is 16.7. The van der Waals surface area contributed by atoms with Crippen LogP contribution in [0.25, 0.3) is 10.8 Å². The Hall–Kier alpha value is -2.70. The van der Waals surface area contributed by atoms with Gasteiger partial charge in [-0.1, -0.05) is 32.0 Å². The van der Waals surface area contributed by atoms with E-state index in [2.05, 4.69) is 15.4 Å². The number of nitrogens with one attached hydrogen (secondary N) is 2. The lowest BCUT2D eigenvalue weighted by Crippen LogP contribution is -2.33. The van der Waals surface area contributed by atoms with Crippen LogP contribution in [0, 0.1) is 5.92 Å². The molecular weight excluding hydrogens is 342 g/mol. The maximum absolute atomic E-state index is 12.2. The van der Waals surface area contributed by atoms with Crippen molar-refractivity contribution in [3.8, 4) is 0 Å². The van der Waals surface area contributed by atoms with Gasteiger partial charge in [0.05, 0.1) is 18.1 Å². The van der Waals surface area contributed by atoms with Crippen molar-refractivity contribution in [2.24, 2.45) is 5.92 Å². The Morgan fingerprint density at radius 2 is 1.85 bits per heavy atom. The molecular formula is C21H25N3O3. The highest BCUT2D eigenvalue weighted by Crippen LogP contribution is 2.36. The summed E-state index contributed by atoms with van der Waals surface area (Å²) in [7, 11) is 0. The summed E-state index contributed by atoms with van der Waals surface area (Å²) in [4.78, 5) is 24.5. The molecule has 142 valence electrons. The number of carbonyl (C=O) groups excluding carboxylic acids is 1. The quantitative estimate of drug-likeness (QED) is 0.582. The van der Waals surface area contributed by atoms with Crippen LogP contribution in [0.3, 0.4) is 0 Å². The molecule has 6 nitrogen and oxygen atoms in total. The number of imidazole rings is 1. The normalized spacial score (nSPS) is 13.9. The molecule has 1 unspecified atom stereocenters. The van der Waals surface area contributed by atoms with E-state index in [4.69, 9.17) is 4.84 Å². The Kier molecular flexibility index (Phi) is 5.30. The zero-order valence-electron chi connectivity index (χ0n) is 16.0. The van der Waals surface area contributed by atoms with Crippen molar-refractivity contribution in [2.75, 3.05) is 0 Å². The van der Waals surface area contributed by atoms with Gasteiger partial charge in [-0.25, -0.2) is 10.5 Å². The summed E-state index contributed by atoms with van der Waals surface area (Å²) in [5.41, 5.74) is 3.10. The summed E-state index contributed by atoms with van der Waals surface area (Å²) in [6.45, 7) is 7.61. The molecule has 0 radical (unpaired) electrons. The second-order valence-electron chi connectivity index (χ2n) is 7.25. The fraction of sp³-hybridized carbons (Fsp3) is 0.333. The molecule has 0 bridgehead atoms. The number of hydrogen-bond donors (Lipinski definition) is 3. The van der Waals surface area contributed by atoms with E-state index in [0.29, 0.717) is 11.3 Å². The van der Waals surface area contributed by atoms with Crippen LogP contribution in [0.1, 0.15) is 49.3 Å². The fourth-order valence-corrected chi connectivity index (χ4v) is 3.10. The third-order valence-corrected chi connectivity index (χ3v) is 4.65. The van der Waals surface area contributed by atoms with Gasteiger partial charge >= 0.3 is 0 Å². The molecule has 6 heteroatoms. The molecule has 2 aromatic carbocycles. The van der Waals surface area contributed by atoms with Crippen molar-refractivity contribution >= 4 is 16.7 Å². The first-order chi connectivity index (χ1) is 12.8. The minimum atomic E-state index is -1.20. The minimum absolute atomic E-state index is 0.0727. The van der Waals surface area contributed by atoms with Crippen molar-refractivity contribution in [1.29, 1.82) is 0 Å². The summed E-state index contributed by atoms with van der Waals surface area (Å²) in [5.74, 6) is -0.360. The number of fused-ring (bicyclic) bond motifs is 1. The molecule has 0 aliphatic carbocycles. The number of aliphatic hydroxyl groups is 1. The van der Waals surface area contributed by atoms with E-state index in [9.17, 15) is 9.90 Å². The maximum Gasteiger partial charge on any atom is 0.274 e. The number of hydroxylamine groups is 1. The number of carbonyl (C=O) groups is 1. The summed E-state index contributed by atoms with van der Waals surface area (Å²) in [5, 5.41) is 13.2. The Bertz CT molecular complexity index is 935. The van der Waals surface area contributed by atoms with E-state index in [-0.39, 0.29) is 17.9 Å².